The number of hydrogen-bond acceptors (Lipinski definition) is 5. The van der Waals surface area contributed by atoms with Crippen LogP contribution in [-0.4, -0.2) is 27.8 Å². The summed E-state index contributed by atoms with van der Waals surface area (Å²) in [6.45, 7) is 6.44. The second-order valence-electron chi connectivity index (χ2n) is 9.98. The van der Waals surface area contributed by atoms with Crippen molar-refractivity contribution >= 4 is 44.8 Å². The van der Waals surface area contributed by atoms with E-state index in [1.54, 1.807) is 28.9 Å². The van der Waals surface area contributed by atoms with Gasteiger partial charge in [-0.15, -0.1) is 11.3 Å². The zero-order valence-electron chi connectivity index (χ0n) is 20.3. The number of carbonyl (C=O) groups is 2. The third-order valence-electron chi connectivity index (χ3n) is 6.41. The molecule has 0 aliphatic heterocycles. The largest absolute Gasteiger partial charge is 0.351 e. The fraction of sp³-hybridized carbons (Fsp3) is 0.407. The van der Waals surface area contributed by atoms with Crippen LogP contribution in [0.4, 0.5) is 5.69 Å². The molecule has 1 aliphatic carbocycles. The van der Waals surface area contributed by atoms with Crippen LogP contribution in [0.5, 0.6) is 0 Å². The van der Waals surface area contributed by atoms with Gasteiger partial charge in [0.1, 0.15) is 15.5 Å². The van der Waals surface area contributed by atoms with Crippen molar-refractivity contribution in [1.82, 2.24) is 15.3 Å². The molecule has 1 unspecified atom stereocenters. The highest BCUT2D eigenvalue weighted by molar-refractivity contribution is 9.10. The van der Waals surface area contributed by atoms with Crippen LogP contribution in [0.2, 0.25) is 0 Å². The molecule has 0 spiro atoms. The molecule has 0 radical (unpaired) electrons. The van der Waals surface area contributed by atoms with Crippen molar-refractivity contribution in [3.8, 4) is 0 Å². The zero-order valence-corrected chi connectivity index (χ0v) is 22.7. The number of anilines is 1. The molecule has 1 N–H and O–H groups in total. The summed E-state index contributed by atoms with van der Waals surface area (Å²) >= 11 is 4.66. The van der Waals surface area contributed by atoms with Gasteiger partial charge >= 0.3 is 0 Å². The average Bonchev–Trinajstić information content (AvgIpc) is 3.28. The predicted molar refractivity (Wildman–Crippen MR) is 144 cm³/mol. The number of carbonyl (C=O) groups excluding carboxylic acids is 2. The monoisotopic (exact) mass is 554 g/mol. The maximum atomic E-state index is 14.0. The Morgan fingerprint density at radius 1 is 1.11 bits per heavy atom. The van der Waals surface area contributed by atoms with E-state index in [9.17, 15) is 9.59 Å². The maximum Gasteiger partial charge on any atom is 0.272 e. The Bertz CT molecular complexity index is 1150. The summed E-state index contributed by atoms with van der Waals surface area (Å²) in [6, 6.07) is 10.8. The Morgan fingerprint density at radius 2 is 1.83 bits per heavy atom. The third kappa shape index (κ3) is 5.98. The molecule has 0 bridgehead atoms. The Labute approximate surface area is 219 Å². The number of aromatic nitrogens is 2. The number of rotatable bonds is 6. The van der Waals surface area contributed by atoms with Crippen LogP contribution in [0.15, 0.2) is 58.9 Å². The molecule has 2 amide bonds. The van der Waals surface area contributed by atoms with Gasteiger partial charge in [0, 0.05) is 29.7 Å². The van der Waals surface area contributed by atoms with Crippen LogP contribution in [0.25, 0.3) is 0 Å². The molecule has 4 rings (SSSR count). The summed E-state index contributed by atoms with van der Waals surface area (Å²) in [4.78, 5) is 38.3. The number of hydrogen-bond donors (Lipinski definition) is 1. The van der Waals surface area contributed by atoms with Crippen molar-refractivity contribution in [3.63, 3.8) is 0 Å². The minimum Gasteiger partial charge on any atom is -0.351 e. The van der Waals surface area contributed by atoms with Gasteiger partial charge in [0.15, 0.2) is 0 Å². The van der Waals surface area contributed by atoms with E-state index in [0.29, 0.717) is 20.7 Å². The summed E-state index contributed by atoms with van der Waals surface area (Å²) in [5, 5.41) is 3.23. The van der Waals surface area contributed by atoms with Gasteiger partial charge in [-0.05, 0) is 57.9 Å². The lowest BCUT2D eigenvalue weighted by Gasteiger charge is -2.33. The van der Waals surface area contributed by atoms with E-state index in [0.717, 1.165) is 31.2 Å². The summed E-state index contributed by atoms with van der Waals surface area (Å²) < 4.78 is 0.474. The van der Waals surface area contributed by atoms with Crippen molar-refractivity contribution in [3.05, 3.63) is 74.9 Å². The zero-order chi connectivity index (χ0) is 25.0. The standard InChI is InChI=1S/C27H31BrN4O2S/c1-27(2,3)19-11-13-21(14-12-19)32(26(34)23-24(28)30-17-35-23)22(18-8-7-15-29-16-18)25(33)31-20-9-5-4-6-10-20/h7-8,11-17,20,22H,4-6,9-10H2,1-3H3,(H,31,33). The number of nitrogens with zero attached hydrogens (tertiary/aromatic N) is 3. The molecule has 0 saturated heterocycles. The van der Waals surface area contributed by atoms with Gasteiger partial charge in [0.2, 0.25) is 5.91 Å². The fourth-order valence-electron chi connectivity index (χ4n) is 4.47. The number of nitrogens with one attached hydrogen (secondary N) is 1. The van der Waals surface area contributed by atoms with Crippen molar-refractivity contribution < 1.29 is 9.59 Å². The van der Waals surface area contributed by atoms with Crippen LogP contribution in [0.3, 0.4) is 0 Å². The van der Waals surface area contributed by atoms with E-state index in [-0.39, 0.29) is 23.3 Å². The molecule has 1 aromatic carbocycles. The van der Waals surface area contributed by atoms with Crippen LogP contribution in [-0.2, 0) is 10.2 Å². The van der Waals surface area contributed by atoms with E-state index < -0.39 is 6.04 Å². The van der Waals surface area contributed by atoms with Crippen LogP contribution < -0.4 is 10.2 Å². The van der Waals surface area contributed by atoms with E-state index in [4.69, 9.17) is 0 Å². The molecule has 184 valence electrons. The molecule has 35 heavy (non-hydrogen) atoms. The number of benzene rings is 1. The topological polar surface area (TPSA) is 75.2 Å². The Morgan fingerprint density at radius 3 is 2.40 bits per heavy atom. The summed E-state index contributed by atoms with van der Waals surface area (Å²) in [7, 11) is 0. The molecule has 8 heteroatoms. The quantitative estimate of drug-likeness (QED) is 0.380. The summed E-state index contributed by atoms with van der Waals surface area (Å²) in [5.74, 6) is -0.477. The second-order valence-corrected chi connectivity index (χ2v) is 11.6. The number of halogens is 1. The van der Waals surface area contributed by atoms with Crippen molar-refractivity contribution in [1.29, 1.82) is 0 Å². The molecular formula is C27H31BrN4O2S. The lowest BCUT2D eigenvalue weighted by Crippen LogP contribution is -2.47. The van der Waals surface area contributed by atoms with Gasteiger partial charge < -0.3 is 5.32 Å². The highest BCUT2D eigenvalue weighted by Crippen LogP contribution is 2.34. The SMILES string of the molecule is CC(C)(C)c1ccc(N(C(=O)c2scnc2Br)C(C(=O)NC2CCCCC2)c2cccnc2)cc1. The van der Waals surface area contributed by atoms with Crippen LogP contribution in [0.1, 0.15) is 79.7 Å². The first-order chi connectivity index (χ1) is 16.8. The lowest BCUT2D eigenvalue weighted by molar-refractivity contribution is -0.123. The van der Waals surface area contributed by atoms with Gasteiger partial charge in [-0.2, -0.15) is 0 Å². The third-order valence-corrected chi connectivity index (χ3v) is 8.08. The molecule has 1 fully saturated rings. The number of pyridine rings is 1. The van der Waals surface area contributed by atoms with E-state index in [2.05, 4.69) is 52.0 Å². The minimum absolute atomic E-state index is 0.0326. The van der Waals surface area contributed by atoms with Crippen molar-refractivity contribution in [2.75, 3.05) is 4.90 Å². The van der Waals surface area contributed by atoms with Crippen LogP contribution in [0, 0.1) is 0 Å². The highest BCUT2D eigenvalue weighted by atomic mass is 79.9. The van der Waals surface area contributed by atoms with Gasteiger partial charge in [0.05, 0.1) is 5.51 Å². The van der Waals surface area contributed by atoms with Gasteiger partial charge in [-0.1, -0.05) is 58.2 Å². The molecule has 2 heterocycles. The fourth-order valence-corrected chi connectivity index (χ4v) is 5.77. The average molecular weight is 556 g/mol. The van der Waals surface area contributed by atoms with Crippen molar-refractivity contribution in [2.45, 2.75) is 70.4 Å². The molecule has 1 saturated carbocycles. The van der Waals surface area contributed by atoms with Crippen LogP contribution >= 0.6 is 27.3 Å². The molecule has 3 aromatic rings. The van der Waals surface area contributed by atoms with Crippen molar-refractivity contribution in [2.24, 2.45) is 0 Å². The first-order valence-electron chi connectivity index (χ1n) is 12.0. The summed E-state index contributed by atoms with van der Waals surface area (Å²) in [5.41, 5.74) is 4.05. The first kappa shape index (κ1) is 25.5. The Kier molecular flexibility index (Phi) is 8.02. The summed E-state index contributed by atoms with van der Waals surface area (Å²) in [6.07, 6.45) is 8.66. The van der Waals surface area contributed by atoms with Gasteiger partial charge in [-0.3, -0.25) is 19.5 Å². The number of thiazole rings is 1. The smallest absolute Gasteiger partial charge is 0.272 e. The minimum atomic E-state index is -0.868. The molecule has 6 nitrogen and oxygen atoms in total. The number of amides is 2. The normalized spacial score (nSPS) is 15.4. The molecule has 2 aromatic heterocycles. The molecule has 1 atom stereocenters. The van der Waals surface area contributed by atoms with E-state index in [1.165, 1.54) is 17.8 Å². The van der Waals surface area contributed by atoms with E-state index in [1.807, 2.05) is 30.3 Å². The Hall–Kier alpha value is -2.58. The molecule has 1 aliphatic rings. The Balaban J connectivity index is 1.80. The van der Waals surface area contributed by atoms with E-state index >= 15 is 0 Å². The molecular weight excluding hydrogens is 524 g/mol. The highest BCUT2D eigenvalue weighted by Gasteiger charge is 2.36. The second kappa shape index (κ2) is 11.0. The first-order valence-corrected chi connectivity index (χ1v) is 13.7. The van der Waals surface area contributed by atoms with Gasteiger partial charge in [-0.25, -0.2) is 4.98 Å². The van der Waals surface area contributed by atoms with Gasteiger partial charge in [0.25, 0.3) is 5.91 Å². The predicted octanol–water partition coefficient (Wildman–Crippen LogP) is 6.44. The maximum absolute atomic E-state index is 14.0. The lowest BCUT2D eigenvalue weighted by atomic mass is 9.87.